The SMILES string of the molecule is COCOC(=C(F)F)c1cccc(OS(=O)(=O)C(F)(F)F)c1. The molecule has 0 amide bonds. The first kappa shape index (κ1) is 18.2. The molecule has 1 aromatic carbocycles. The molecule has 0 aliphatic heterocycles. The van der Waals surface area contributed by atoms with Gasteiger partial charge in [0.1, 0.15) is 5.75 Å². The molecule has 0 unspecified atom stereocenters. The summed E-state index contributed by atoms with van der Waals surface area (Å²) < 4.78 is 96.6. The monoisotopic (exact) mass is 348 g/mol. The van der Waals surface area contributed by atoms with Crippen LogP contribution in [0.4, 0.5) is 22.0 Å². The molecular formula is C11H9F5O5S. The van der Waals surface area contributed by atoms with E-state index >= 15 is 0 Å². The first-order chi connectivity index (χ1) is 10.1. The molecule has 0 N–H and O–H groups in total. The van der Waals surface area contributed by atoms with Crippen LogP contribution in [0.1, 0.15) is 5.56 Å². The smallest absolute Gasteiger partial charge is 0.461 e. The van der Waals surface area contributed by atoms with E-state index in [4.69, 9.17) is 0 Å². The highest BCUT2D eigenvalue weighted by molar-refractivity contribution is 7.88. The van der Waals surface area contributed by atoms with Crippen LogP contribution < -0.4 is 4.18 Å². The van der Waals surface area contributed by atoms with Gasteiger partial charge in [0, 0.05) is 12.7 Å². The fraction of sp³-hybridized carbons (Fsp3) is 0.273. The van der Waals surface area contributed by atoms with Crippen molar-refractivity contribution < 1.29 is 44.0 Å². The lowest BCUT2D eigenvalue weighted by Gasteiger charge is -2.12. The van der Waals surface area contributed by atoms with Crippen LogP contribution in [0.15, 0.2) is 30.3 Å². The molecule has 0 bridgehead atoms. The fourth-order valence-electron chi connectivity index (χ4n) is 1.23. The van der Waals surface area contributed by atoms with Gasteiger partial charge in [0.05, 0.1) is 0 Å². The van der Waals surface area contributed by atoms with Crippen molar-refractivity contribution in [3.63, 3.8) is 0 Å². The Balaban J connectivity index is 3.12. The molecule has 1 aromatic rings. The molecule has 0 aliphatic carbocycles. The van der Waals surface area contributed by atoms with Crippen LogP contribution in [0.3, 0.4) is 0 Å². The van der Waals surface area contributed by atoms with E-state index in [2.05, 4.69) is 13.7 Å². The van der Waals surface area contributed by atoms with Gasteiger partial charge < -0.3 is 13.7 Å². The molecule has 0 fully saturated rings. The van der Waals surface area contributed by atoms with Crippen molar-refractivity contribution >= 4 is 15.9 Å². The van der Waals surface area contributed by atoms with E-state index in [1.54, 1.807) is 0 Å². The number of hydrogen-bond acceptors (Lipinski definition) is 5. The predicted molar refractivity (Wildman–Crippen MR) is 64.1 cm³/mol. The van der Waals surface area contributed by atoms with Crippen molar-refractivity contribution in [2.45, 2.75) is 5.51 Å². The van der Waals surface area contributed by atoms with Gasteiger partial charge in [-0.3, -0.25) is 0 Å². The molecule has 0 heterocycles. The van der Waals surface area contributed by atoms with Gasteiger partial charge in [0.15, 0.2) is 12.6 Å². The molecular weight excluding hydrogens is 339 g/mol. The van der Waals surface area contributed by atoms with Gasteiger partial charge in [0.25, 0.3) is 0 Å². The fourth-order valence-corrected chi connectivity index (χ4v) is 1.68. The summed E-state index contributed by atoms with van der Waals surface area (Å²) in [6, 6.07) is 3.61. The van der Waals surface area contributed by atoms with Crippen LogP contribution in [0.5, 0.6) is 5.75 Å². The van der Waals surface area contributed by atoms with Gasteiger partial charge >= 0.3 is 21.7 Å². The Hall–Kier alpha value is -1.88. The maximum absolute atomic E-state index is 12.7. The molecule has 0 saturated carbocycles. The zero-order chi connectivity index (χ0) is 17.0. The molecule has 11 heteroatoms. The zero-order valence-corrected chi connectivity index (χ0v) is 11.7. The lowest BCUT2D eigenvalue weighted by atomic mass is 10.2. The first-order valence-electron chi connectivity index (χ1n) is 5.36. The Morgan fingerprint density at radius 2 is 1.86 bits per heavy atom. The number of methoxy groups -OCH3 is 1. The summed E-state index contributed by atoms with van der Waals surface area (Å²) in [4.78, 5) is 0. The van der Waals surface area contributed by atoms with Gasteiger partial charge in [-0.05, 0) is 12.1 Å². The van der Waals surface area contributed by atoms with Gasteiger partial charge in [0.2, 0.25) is 0 Å². The normalized spacial score (nSPS) is 11.9. The third kappa shape index (κ3) is 4.56. The second-order valence-corrected chi connectivity index (χ2v) is 5.19. The number of benzene rings is 1. The third-order valence-electron chi connectivity index (χ3n) is 2.08. The average Bonchev–Trinajstić information content (AvgIpc) is 2.37. The Bertz CT molecular complexity index is 649. The molecule has 0 saturated heterocycles. The van der Waals surface area contributed by atoms with Crippen LogP contribution in [0.25, 0.3) is 5.76 Å². The van der Waals surface area contributed by atoms with E-state index in [0.29, 0.717) is 6.07 Å². The summed E-state index contributed by atoms with van der Waals surface area (Å²) in [6.07, 6.45) is -2.27. The van der Waals surface area contributed by atoms with E-state index in [1.165, 1.54) is 7.11 Å². The third-order valence-corrected chi connectivity index (χ3v) is 3.06. The number of ether oxygens (including phenoxy) is 2. The minimum absolute atomic E-state index is 0.382. The molecule has 1 rings (SSSR count). The predicted octanol–water partition coefficient (Wildman–Crippen LogP) is 3.10. The summed E-state index contributed by atoms with van der Waals surface area (Å²) in [5.41, 5.74) is -6.02. The van der Waals surface area contributed by atoms with Crippen molar-refractivity contribution in [1.29, 1.82) is 0 Å². The highest BCUT2D eigenvalue weighted by Crippen LogP contribution is 2.30. The van der Waals surface area contributed by atoms with Crippen molar-refractivity contribution in [3.8, 4) is 5.75 Å². The maximum Gasteiger partial charge on any atom is 0.534 e. The second kappa shape index (κ2) is 6.92. The molecule has 0 radical (unpaired) electrons. The molecule has 5 nitrogen and oxygen atoms in total. The lowest BCUT2D eigenvalue weighted by Crippen LogP contribution is -2.28. The van der Waals surface area contributed by atoms with E-state index in [9.17, 15) is 30.4 Å². The number of hydrogen-bond donors (Lipinski definition) is 0. The summed E-state index contributed by atoms with van der Waals surface area (Å²) in [6.45, 7) is -0.543. The van der Waals surface area contributed by atoms with Crippen molar-refractivity contribution in [3.05, 3.63) is 35.9 Å². The highest BCUT2D eigenvalue weighted by Gasteiger charge is 2.48. The minimum Gasteiger partial charge on any atom is -0.461 e. The van der Waals surface area contributed by atoms with E-state index < -0.39 is 40.0 Å². The summed E-state index contributed by atoms with van der Waals surface area (Å²) in [5.74, 6) is -1.77. The maximum atomic E-state index is 12.7. The van der Waals surface area contributed by atoms with Gasteiger partial charge in [-0.2, -0.15) is 30.4 Å². The van der Waals surface area contributed by atoms with Gasteiger partial charge in [-0.1, -0.05) is 12.1 Å². The van der Waals surface area contributed by atoms with Crippen LogP contribution in [-0.2, 0) is 19.6 Å². The second-order valence-electron chi connectivity index (χ2n) is 3.65. The first-order valence-corrected chi connectivity index (χ1v) is 6.77. The lowest BCUT2D eigenvalue weighted by molar-refractivity contribution is -0.0500. The molecule has 0 aliphatic rings. The highest BCUT2D eigenvalue weighted by atomic mass is 32.2. The molecule has 22 heavy (non-hydrogen) atoms. The largest absolute Gasteiger partial charge is 0.534 e. The topological polar surface area (TPSA) is 61.8 Å². The molecule has 0 aromatic heterocycles. The van der Waals surface area contributed by atoms with E-state index in [1.807, 2.05) is 0 Å². The Morgan fingerprint density at radius 1 is 1.23 bits per heavy atom. The van der Waals surface area contributed by atoms with E-state index in [-0.39, 0.29) is 5.56 Å². The number of rotatable bonds is 6. The number of halogens is 5. The number of alkyl halides is 3. The minimum atomic E-state index is -5.90. The Kier molecular flexibility index (Phi) is 5.72. The van der Waals surface area contributed by atoms with Crippen LogP contribution in [0, 0.1) is 0 Å². The van der Waals surface area contributed by atoms with Crippen LogP contribution in [-0.4, -0.2) is 27.8 Å². The summed E-state index contributed by atoms with van der Waals surface area (Å²) in [5, 5.41) is 0. The van der Waals surface area contributed by atoms with E-state index in [0.717, 1.165) is 18.2 Å². The standard InChI is InChI=1S/C11H9F5O5S/c1-19-6-20-9(10(12)13)7-3-2-4-8(5-7)21-22(17,18)11(14,15)16/h2-5H,6H2,1H3. The average molecular weight is 348 g/mol. The van der Waals surface area contributed by atoms with Crippen molar-refractivity contribution in [2.75, 3.05) is 13.9 Å². The van der Waals surface area contributed by atoms with Gasteiger partial charge in [-0.25, -0.2) is 0 Å². The van der Waals surface area contributed by atoms with Crippen molar-refractivity contribution in [2.24, 2.45) is 0 Å². The van der Waals surface area contributed by atoms with Crippen LogP contribution in [0.2, 0.25) is 0 Å². The Morgan fingerprint density at radius 3 is 2.36 bits per heavy atom. The molecule has 0 atom stereocenters. The zero-order valence-electron chi connectivity index (χ0n) is 10.9. The quantitative estimate of drug-likeness (QED) is 0.260. The van der Waals surface area contributed by atoms with Gasteiger partial charge in [-0.15, -0.1) is 0 Å². The summed E-state index contributed by atoms with van der Waals surface area (Å²) >= 11 is 0. The van der Waals surface area contributed by atoms with Crippen molar-refractivity contribution in [1.82, 2.24) is 0 Å². The summed E-state index contributed by atoms with van der Waals surface area (Å²) in [7, 11) is -4.73. The molecule has 124 valence electrons. The molecule has 0 spiro atoms. The Labute approximate surface area is 122 Å². The van der Waals surface area contributed by atoms with Crippen LogP contribution >= 0.6 is 0 Å².